The van der Waals surface area contributed by atoms with Crippen molar-refractivity contribution < 1.29 is 14.6 Å². The third kappa shape index (κ3) is 4.78. The molecule has 0 heterocycles. The fraction of sp³-hybridized carbons (Fsp3) is 0.833. The second-order valence-electron chi connectivity index (χ2n) is 4.63. The maximum Gasteiger partial charge on any atom is 0.0883 e. The Labute approximate surface area is 93.1 Å². The lowest BCUT2D eigenvalue weighted by Gasteiger charge is -2.33. The van der Waals surface area contributed by atoms with Gasteiger partial charge in [-0.1, -0.05) is 6.08 Å². The van der Waals surface area contributed by atoms with E-state index in [4.69, 9.17) is 9.47 Å². The van der Waals surface area contributed by atoms with Gasteiger partial charge in [0.15, 0.2) is 0 Å². The van der Waals surface area contributed by atoms with Crippen LogP contribution in [0, 0.1) is 0 Å². The predicted octanol–water partition coefficient (Wildman–Crippen LogP) is 2.14. The van der Waals surface area contributed by atoms with Gasteiger partial charge < -0.3 is 14.6 Å². The Morgan fingerprint density at radius 1 is 1.33 bits per heavy atom. The molecule has 2 unspecified atom stereocenters. The van der Waals surface area contributed by atoms with E-state index in [-0.39, 0.29) is 11.7 Å². The van der Waals surface area contributed by atoms with Crippen molar-refractivity contribution in [1.82, 2.24) is 0 Å². The van der Waals surface area contributed by atoms with Crippen LogP contribution >= 0.6 is 0 Å². The third-order valence-electron chi connectivity index (χ3n) is 2.94. The first-order valence-electron chi connectivity index (χ1n) is 5.23. The molecule has 3 nitrogen and oxygen atoms in total. The van der Waals surface area contributed by atoms with Gasteiger partial charge in [-0.25, -0.2) is 0 Å². The SMILES string of the molecule is C=CC(C)(O)CCC(OC)C(C)(C)OC. The molecule has 0 aromatic carbocycles. The Balaban J connectivity index is 4.30. The van der Waals surface area contributed by atoms with Crippen molar-refractivity contribution in [2.45, 2.75) is 50.9 Å². The van der Waals surface area contributed by atoms with E-state index < -0.39 is 5.60 Å². The van der Waals surface area contributed by atoms with E-state index in [1.165, 1.54) is 0 Å². The van der Waals surface area contributed by atoms with Gasteiger partial charge in [-0.2, -0.15) is 0 Å². The minimum atomic E-state index is -0.833. The summed E-state index contributed by atoms with van der Waals surface area (Å²) in [5, 5.41) is 9.79. The van der Waals surface area contributed by atoms with Crippen LogP contribution in [0.15, 0.2) is 12.7 Å². The molecule has 0 amide bonds. The van der Waals surface area contributed by atoms with Crippen LogP contribution in [-0.2, 0) is 9.47 Å². The number of aliphatic hydroxyl groups is 1. The van der Waals surface area contributed by atoms with E-state index >= 15 is 0 Å². The molecule has 0 aliphatic carbocycles. The topological polar surface area (TPSA) is 38.7 Å². The van der Waals surface area contributed by atoms with E-state index in [0.29, 0.717) is 6.42 Å². The van der Waals surface area contributed by atoms with Gasteiger partial charge in [0, 0.05) is 14.2 Å². The van der Waals surface area contributed by atoms with Gasteiger partial charge in [0.1, 0.15) is 0 Å². The van der Waals surface area contributed by atoms with Crippen LogP contribution in [0.25, 0.3) is 0 Å². The Bertz CT molecular complexity index is 197. The van der Waals surface area contributed by atoms with Crippen molar-refractivity contribution in [3.8, 4) is 0 Å². The van der Waals surface area contributed by atoms with Gasteiger partial charge in [-0.3, -0.25) is 0 Å². The number of hydrogen-bond acceptors (Lipinski definition) is 3. The van der Waals surface area contributed by atoms with E-state index in [1.54, 1.807) is 27.2 Å². The summed E-state index contributed by atoms with van der Waals surface area (Å²) in [4.78, 5) is 0. The van der Waals surface area contributed by atoms with Gasteiger partial charge in [0.05, 0.1) is 17.3 Å². The van der Waals surface area contributed by atoms with Crippen LogP contribution in [0.3, 0.4) is 0 Å². The molecule has 0 fully saturated rings. The lowest BCUT2D eigenvalue weighted by molar-refractivity contribution is -0.102. The summed E-state index contributed by atoms with van der Waals surface area (Å²) in [7, 11) is 3.33. The second-order valence-corrected chi connectivity index (χ2v) is 4.63. The smallest absolute Gasteiger partial charge is 0.0883 e. The van der Waals surface area contributed by atoms with E-state index in [1.807, 2.05) is 13.8 Å². The molecule has 2 atom stereocenters. The van der Waals surface area contributed by atoms with Crippen molar-refractivity contribution in [2.75, 3.05) is 14.2 Å². The first kappa shape index (κ1) is 14.6. The number of methoxy groups -OCH3 is 2. The fourth-order valence-electron chi connectivity index (χ4n) is 1.41. The molecule has 0 rings (SSSR count). The molecule has 0 aromatic rings. The van der Waals surface area contributed by atoms with Crippen LogP contribution in [0.5, 0.6) is 0 Å². The van der Waals surface area contributed by atoms with Crippen molar-refractivity contribution in [1.29, 1.82) is 0 Å². The molecule has 0 saturated heterocycles. The second kappa shape index (κ2) is 5.64. The van der Waals surface area contributed by atoms with Crippen molar-refractivity contribution >= 4 is 0 Å². The van der Waals surface area contributed by atoms with E-state index in [2.05, 4.69) is 6.58 Å². The number of rotatable bonds is 7. The molecule has 0 bridgehead atoms. The summed E-state index contributed by atoms with van der Waals surface area (Å²) in [6.45, 7) is 9.29. The standard InChI is InChI=1S/C12H24O3/c1-7-12(4,13)9-8-10(14-5)11(2,3)15-6/h7,10,13H,1,8-9H2,2-6H3. The summed E-state index contributed by atoms with van der Waals surface area (Å²) in [6.07, 6.45) is 2.87. The average molecular weight is 216 g/mol. The highest BCUT2D eigenvalue weighted by atomic mass is 16.5. The normalized spacial score (nSPS) is 18.3. The molecule has 0 aliphatic rings. The van der Waals surface area contributed by atoms with Crippen LogP contribution in [0.2, 0.25) is 0 Å². The predicted molar refractivity (Wildman–Crippen MR) is 61.9 cm³/mol. The summed E-state index contributed by atoms with van der Waals surface area (Å²) in [5.41, 5.74) is -1.17. The lowest BCUT2D eigenvalue weighted by Crippen LogP contribution is -2.40. The van der Waals surface area contributed by atoms with Gasteiger partial charge in [-0.05, 0) is 33.6 Å². The average Bonchev–Trinajstić information content (AvgIpc) is 2.18. The quantitative estimate of drug-likeness (QED) is 0.663. The molecule has 0 spiro atoms. The molecule has 0 radical (unpaired) electrons. The molecule has 0 saturated carbocycles. The first-order chi connectivity index (χ1) is 6.79. The molecule has 3 heteroatoms. The van der Waals surface area contributed by atoms with Crippen molar-refractivity contribution in [3.05, 3.63) is 12.7 Å². The van der Waals surface area contributed by atoms with Gasteiger partial charge >= 0.3 is 0 Å². The van der Waals surface area contributed by atoms with Crippen molar-refractivity contribution in [3.63, 3.8) is 0 Å². The Hall–Kier alpha value is -0.380. The minimum Gasteiger partial charge on any atom is -0.386 e. The minimum absolute atomic E-state index is 0.0334. The Morgan fingerprint density at radius 3 is 2.20 bits per heavy atom. The Kier molecular flexibility index (Phi) is 5.49. The van der Waals surface area contributed by atoms with Gasteiger partial charge in [0.2, 0.25) is 0 Å². The van der Waals surface area contributed by atoms with Crippen LogP contribution in [-0.4, -0.2) is 36.6 Å². The Morgan fingerprint density at radius 2 is 1.87 bits per heavy atom. The highest BCUT2D eigenvalue weighted by Gasteiger charge is 2.30. The van der Waals surface area contributed by atoms with E-state index in [0.717, 1.165) is 6.42 Å². The maximum absolute atomic E-state index is 9.79. The lowest BCUT2D eigenvalue weighted by atomic mass is 9.91. The molecule has 15 heavy (non-hydrogen) atoms. The van der Waals surface area contributed by atoms with Gasteiger partial charge in [-0.15, -0.1) is 6.58 Å². The number of ether oxygens (including phenoxy) is 2. The van der Waals surface area contributed by atoms with Crippen molar-refractivity contribution in [2.24, 2.45) is 0 Å². The zero-order valence-corrected chi connectivity index (χ0v) is 10.5. The largest absolute Gasteiger partial charge is 0.386 e. The third-order valence-corrected chi connectivity index (χ3v) is 2.94. The molecule has 0 aromatic heterocycles. The van der Waals surface area contributed by atoms with Crippen LogP contribution < -0.4 is 0 Å². The fourth-order valence-corrected chi connectivity index (χ4v) is 1.41. The monoisotopic (exact) mass is 216 g/mol. The first-order valence-corrected chi connectivity index (χ1v) is 5.23. The zero-order chi connectivity index (χ0) is 12.1. The van der Waals surface area contributed by atoms with Crippen LogP contribution in [0.1, 0.15) is 33.6 Å². The summed E-state index contributed by atoms with van der Waals surface area (Å²) >= 11 is 0. The molecule has 90 valence electrons. The van der Waals surface area contributed by atoms with Crippen LogP contribution in [0.4, 0.5) is 0 Å². The highest BCUT2D eigenvalue weighted by molar-refractivity contribution is 4.93. The van der Waals surface area contributed by atoms with E-state index in [9.17, 15) is 5.11 Å². The maximum atomic E-state index is 9.79. The zero-order valence-electron chi connectivity index (χ0n) is 10.5. The summed E-state index contributed by atoms with van der Waals surface area (Å²) < 4.78 is 10.7. The number of hydrogen-bond donors (Lipinski definition) is 1. The molecular weight excluding hydrogens is 192 g/mol. The highest BCUT2D eigenvalue weighted by Crippen LogP contribution is 2.24. The molecular formula is C12H24O3. The molecule has 0 aliphatic heterocycles. The summed E-state index contributed by atoms with van der Waals surface area (Å²) in [6, 6.07) is 0. The van der Waals surface area contributed by atoms with Gasteiger partial charge in [0.25, 0.3) is 0 Å². The molecule has 1 N–H and O–H groups in total. The summed E-state index contributed by atoms with van der Waals surface area (Å²) in [5.74, 6) is 0.